The number of carbonyl (C=O) groups is 2. The molecule has 0 aliphatic carbocycles. The molecule has 0 aromatic heterocycles. The summed E-state index contributed by atoms with van der Waals surface area (Å²) in [5.41, 5.74) is 0. The van der Waals surface area contributed by atoms with Gasteiger partial charge in [0, 0.05) is 0 Å². The number of halogens is 2. The predicted octanol–water partition coefficient (Wildman–Crippen LogP) is 2.03. The van der Waals surface area contributed by atoms with Crippen molar-refractivity contribution in [3.63, 3.8) is 0 Å². The first-order valence-corrected chi connectivity index (χ1v) is 6.29. The van der Waals surface area contributed by atoms with E-state index in [1.54, 1.807) is 0 Å². The molecule has 0 unspecified atom stereocenters. The molecule has 4 nitrogen and oxygen atoms in total. The maximum absolute atomic E-state index is 11.0. The van der Waals surface area contributed by atoms with Gasteiger partial charge in [-0.3, -0.25) is 9.59 Å². The van der Waals surface area contributed by atoms with Gasteiger partial charge in [-0.05, 0) is 12.8 Å². The average Bonchev–Trinajstić information content (AvgIpc) is 2.26. The fraction of sp³-hybridized carbons (Fsp3) is 0.778. The fourth-order valence-electron chi connectivity index (χ4n) is 0.968. The summed E-state index contributed by atoms with van der Waals surface area (Å²) < 4.78 is 9.10. The Bertz CT molecular complexity index is 198. The molecule has 0 aliphatic heterocycles. The van der Waals surface area contributed by atoms with Gasteiger partial charge in [-0.15, -0.1) is 0 Å². The van der Waals surface area contributed by atoms with E-state index in [4.69, 9.17) is 0 Å². The Hall–Kier alpha value is -0.100. The molecular weight excluding hydrogens is 332 g/mol. The van der Waals surface area contributed by atoms with Crippen LogP contribution in [0.4, 0.5) is 0 Å². The molecule has 15 heavy (non-hydrogen) atoms. The van der Waals surface area contributed by atoms with Crippen molar-refractivity contribution in [2.24, 2.45) is 0 Å². The van der Waals surface area contributed by atoms with Crippen LogP contribution in [0.1, 0.15) is 19.3 Å². The lowest BCUT2D eigenvalue weighted by Gasteiger charge is -2.09. The van der Waals surface area contributed by atoms with Crippen molar-refractivity contribution >= 4 is 43.8 Å². The van der Waals surface area contributed by atoms with E-state index in [0.717, 1.165) is 6.42 Å². The molecule has 0 N–H and O–H groups in total. The first kappa shape index (κ1) is 14.9. The second-order valence-corrected chi connectivity index (χ2v) is 5.12. The summed E-state index contributed by atoms with van der Waals surface area (Å²) in [5.74, 6) is -0.585. The Balaban J connectivity index is 3.70. The van der Waals surface area contributed by atoms with Crippen LogP contribution in [0.15, 0.2) is 0 Å². The van der Waals surface area contributed by atoms with Crippen molar-refractivity contribution in [2.75, 3.05) is 14.2 Å². The molecule has 0 radical (unpaired) electrons. The minimum atomic E-state index is -0.306. The third kappa shape index (κ3) is 6.14. The van der Waals surface area contributed by atoms with Gasteiger partial charge in [0.2, 0.25) is 0 Å². The van der Waals surface area contributed by atoms with Crippen LogP contribution in [0.25, 0.3) is 0 Å². The summed E-state index contributed by atoms with van der Waals surface area (Å²) in [6.07, 6.45) is 1.99. The number of esters is 2. The lowest BCUT2D eigenvalue weighted by Crippen LogP contribution is -2.18. The van der Waals surface area contributed by atoms with Gasteiger partial charge in [0.1, 0.15) is 9.65 Å². The Kier molecular flexibility index (Phi) is 8.04. The summed E-state index contributed by atoms with van der Waals surface area (Å²) in [4.78, 5) is 21.4. The van der Waals surface area contributed by atoms with Gasteiger partial charge in [-0.1, -0.05) is 38.3 Å². The number of rotatable bonds is 6. The molecule has 0 saturated heterocycles. The second-order valence-electron chi connectivity index (χ2n) is 2.91. The first-order chi connectivity index (χ1) is 7.02. The van der Waals surface area contributed by atoms with Crippen LogP contribution < -0.4 is 0 Å². The van der Waals surface area contributed by atoms with E-state index in [1.807, 2.05) is 0 Å². The Morgan fingerprint density at radius 2 is 1.33 bits per heavy atom. The normalized spacial score (nSPS) is 14.1. The van der Waals surface area contributed by atoms with Crippen molar-refractivity contribution < 1.29 is 19.1 Å². The van der Waals surface area contributed by atoms with E-state index < -0.39 is 0 Å². The molecule has 0 rings (SSSR count). The number of carbonyl (C=O) groups excluding carboxylic acids is 2. The van der Waals surface area contributed by atoms with Crippen LogP contribution in [0.2, 0.25) is 0 Å². The molecule has 6 heteroatoms. The smallest absolute Gasteiger partial charge is 0.319 e. The largest absolute Gasteiger partial charge is 0.468 e. The number of hydrogen-bond donors (Lipinski definition) is 0. The summed E-state index contributed by atoms with van der Waals surface area (Å²) in [7, 11) is 2.69. The lowest BCUT2D eigenvalue weighted by atomic mass is 10.1. The zero-order valence-corrected chi connectivity index (χ0v) is 11.8. The van der Waals surface area contributed by atoms with Crippen LogP contribution in [0, 0.1) is 0 Å². The van der Waals surface area contributed by atoms with E-state index in [1.165, 1.54) is 14.2 Å². The van der Waals surface area contributed by atoms with Gasteiger partial charge in [0.05, 0.1) is 14.2 Å². The molecule has 88 valence electrons. The third-order valence-electron chi connectivity index (χ3n) is 1.83. The van der Waals surface area contributed by atoms with E-state index in [0.29, 0.717) is 12.8 Å². The van der Waals surface area contributed by atoms with Gasteiger partial charge in [-0.2, -0.15) is 0 Å². The van der Waals surface area contributed by atoms with E-state index >= 15 is 0 Å². The predicted molar refractivity (Wildman–Crippen MR) is 63.3 cm³/mol. The SMILES string of the molecule is COC(=O)[C@@H](Br)CCC[C@H](Br)C(=O)OC. The van der Waals surface area contributed by atoms with Crippen molar-refractivity contribution in [1.82, 2.24) is 0 Å². The number of hydrogen-bond acceptors (Lipinski definition) is 4. The van der Waals surface area contributed by atoms with Crippen molar-refractivity contribution in [3.05, 3.63) is 0 Å². The topological polar surface area (TPSA) is 52.6 Å². The van der Waals surface area contributed by atoms with Gasteiger partial charge >= 0.3 is 11.9 Å². The van der Waals surface area contributed by atoms with E-state index in [-0.39, 0.29) is 21.6 Å². The van der Waals surface area contributed by atoms with Gasteiger partial charge in [0.15, 0.2) is 0 Å². The molecule has 0 fully saturated rings. The van der Waals surface area contributed by atoms with E-state index in [9.17, 15) is 9.59 Å². The molecule has 2 atom stereocenters. The molecule has 0 amide bonds. The van der Waals surface area contributed by atoms with Crippen LogP contribution in [0.3, 0.4) is 0 Å². The zero-order valence-electron chi connectivity index (χ0n) is 8.66. The van der Waals surface area contributed by atoms with Gasteiger partial charge < -0.3 is 9.47 Å². The van der Waals surface area contributed by atoms with Crippen LogP contribution >= 0.6 is 31.9 Å². The lowest BCUT2D eigenvalue weighted by molar-refractivity contribution is -0.140. The maximum Gasteiger partial charge on any atom is 0.319 e. The Labute approximate surface area is 106 Å². The summed E-state index contributed by atoms with van der Waals surface area (Å²) in [6, 6.07) is 0. The monoisotopic (exact) mass is 344 g/mol. The molecule has 0 bridgehead atoms. The van der Waals surface area contributed by atoms with Crippen LogP contribution in [-0.4, -0.2) is 35.8 Å². The summed E-state index contributed by atoms with van der Waals surface area (Å²) in [6.45, 7) is 0. The molecule has 0 spiro atoms. The minimum absolute atomic E-state index is 0.292. The first-order valence-electron chi connectivity index (χ1n) is 4.46. The quantitative estimate of drug-likeness (QED) is 0.546. The molecular formula is C9H14Br2O4. The van der Waals surface area contributed by atoms with Crippen molar-refractivity contribution in [1.29, 1.82) is 0 Å². The highest BCUT2D eigenvalue weighted by atomic mass is 79.9. The number of alkyl halides is 2. The third-order valence-corrected chi connectivity index (χ3v) is 3.49. The maximum atomic E-state index is 11.0. The molecule has 0 aromatic rings. The minimum Gasteiger partial charge on any atom is -0.468 e. The highest BCUT2D eigenvalue weighted by Gasteiger charge is 2.18. The zero-order chi connectivity index (χ0) is 11.8. The Morgan fingerprint density at radius 1 is 1.00 bits per heavy atom. The Morgan fingerprint density at radius 3 is 1.60 bits per heavy atom. The number of ether oxygens (including phenoxy) is 2. The van der Waals surface area contributed by atoms with Crippen LogP contribution in [-0.2, 0) is 19.1 Å². The highest BCUT2D eigenvalue weighted by Crippen LogP contribution is 2.16. The second kappa shape index (κ2) is 8.10. The van der Waals surface area contributed by atoms with Crippen molar-refractivity contribution in [2.45, 2.75) is 28.9 Å². The van der Waals surface area contributed by atoms with Crippen LogP contribution in [0.5, 0.6) is 0 Å². The fourth-order valence-corrected chi connectivity index (χ4v) is 1.99. The molecule has 0 heterocycles. The highest BCUT2D eigenvalue weighted by molar-refractivity contribution is 9.10. The summed E-state index contributed by atoms with van der Waals surface area (Å²) >= 11 is 6.40. The molecule has 0 saturated carbocycles. The number of methoxy groups -OCH3 is 2. The van der Waals surface area contributed by atoms with Gasteiger partial charge in [-0.25, -0.2) is 0 Å². The summed E-state index contributed by atoms with van der Waals surface area (Å²) in [5, 5.41) is 0. The molecule has 0 aromatic carbocycles. The van der Waals surface area contributed by atoms with E-state index in [2.05, 4.69) is 41.3 Å². The van der Waals surface area contributed by atoms with Crippen molar-refractivity contribution in [3.8, 4) is 0 Å². The molecule has 0 aliphatic rings. The average molecular weight is 346 g/mol. The van der Waals surface area contributed by atoms with Gasteiger partial charge in [0.25, 0.3) is 0 Å². The standard InChI is InChI=1S/C9H14Br2O4/c1-14-8(12)6(10)4-3-5-7(11)9(13)15-2/h6-7H,3-5H2,1-2H3/t6-,7-/m0/s1.